The lowest BCUT2D eigenvalue weighted by Gasteiger charge is -2.37. The van der Waals surface area contributed by atoms with Crippen molar-refractivity contribution in [3.8, 4) is 11.5 Å². The van der Waals surface area contributed by atoms with Gasteiger partial charge < -0.3 is 14.2 Å². The summed E-state index contributed by atoms with van der Waals surface area (Å²) in [4.78, 5) is 15.3. The minimum atomic E-state index is -0.503. The van der Waals surface area contributed by atoms with Crippen LogP contribution in [0.1, 0.15) is 27.7 Å². The van der Waals surface area contributed by atoms with Crippen LogP contribution in [0.5, 0.6) is 11.5 Å². The van der Waals surface area contributed by atoms with Crippen molar-refractivity contribution in [1.29, 1.82) is 0 Å². The van der Waals surface area contributed by atoms with Crippen molar-refractivity contribution in [2.75, 3.05) is 19.1 Å². The Labute approximate surface area is 164 Å². The summed E-state index contributed by atoms with van der Waals surface area (Å²) in [5, 5.41) is 0. The van der Waals surface area contributed by atoms with Gasteiger partial charge >= 0.3 is 0 Å². The number of anilines is 1. The molecule has 3 aromatic carbocycles. The number of fused-ring (bicyclic) bond motifs is 1. The van der Waals surface area contributed by atoms with E-state index in [2.05, 4.69) is 0 Å². The normalized spacial score (nSPS) is 15.6. The summed E-state index contributed by atoms with van der Waals surface area (Å²) in [5.41, 5.74) is 3.25. The Morgan fingerprint density at radius 2 is 1.64 bits per heavy atom. The molecule has 4 rings (SSSR count). The molecule has 0 aliphatic carbocycles. The van der Waals surface area contributed by atoms with Crippen molar-refractivity contribution in [3.05, 3.63) is 89.5 Å². The Balaban J connectivity index is 1.80. The minimum Gasteiger partial charge on any atom is -0.493 e. The molecule has 0 spiro atoms. The molecule has 0 radical (unpaired) electrons. The number of carbonyl (C=O) groups excluding carboxylic acids is 1. The van der Waals surface area contributed by atoms with Crippen LogP contribution in [0.4, 0.5) is 5.69 Å². The van der Waals surface area contributed by atoms with Gasteiger partial charge in [0, 0.05) is 16.7 Å². The molecule has 1 amide bonds. The second-order valence-corrected chi connectivity index (χ2v) is 6.45. The summed E-state index contributed by atoms with van der Waals surface area (Å²) in [6.45, 7) is 0.450. The van der Waals surface area contributed by atoms with Gasteiger partial charge in [0.05, 0.1) is 26.5 Å². The standard InChI is InChI=1S/C23H21NO4/c1-26-20-13-12-17(14-21(20)27-2)22(25)24-19-11-7-6-10-18(19)15-28-23(24)16-8-4-3-5-9-16/h3-14,23H,15H2,1-2H3. The van der Waals surface area contributed by atoms with Gasteiger partial charge in [0.1, 0.15) is 0 Å². The van der Waals surface area contributed by atoms with Crippen LogP contribution in [0, 0.1) is 0 Å². The Morgan fingerprint density at radius 3 is 2.39 bits per heavy atom. The van der Waals surface area contributed by atoms with Crippen LogP contribution in [0.15, 0.2) is 72.8 Å². The Bertz CT molecular complexity index is 987. The van der Waals surface area contributed by atoms with Crippen molar-refractivity contribution in [3.63, 3.8) is 0 Å². The van der Waals surface area contributed by atoms with E-state index >= 15 is 0 Å². The predicted octanol–water partition coefficient (Wildman–Crippen LogP) is 4.58. The molecule has 0 saturated carbocycles. The second-order valence-electron chi connectivity index (χ2n) is 6.45. The first-order chi connectivity index (χ1) is 13.7. The molecule has 1 atom stereocenters. The number of carbonyl (C=O) groups is 1. The third kappa shape index (κ3) is 3.21. The van der Waals surface area contributed by atoms with Crippen molar-refractivity contribution >= 4 is 11.6 Å². The first kappa shape index (κ1) is 18.1. The molecule has 142 valence electrons. The lowest BCUT2D eigenvalue weighted by Crippen LogP contribution is -2.39. The van der Waals surface area contributed by atoms with Crippen molar-refractivity contribution in [2.45, 2.75) is 12.8 Å². The highest BCUT2D eigenvalue weighted by Gasteiger charge is 2.33. The number of hydrogen-bond acceptors (Lipinski definition) is 4. The molecular formula is C23H21NO4. The summed E-state index contributed by atoms with van der Waals surface area (Å²) in [5.74, 6) is 0.923. The molecule has 0 N–H and O–H groups in total. The fraction of sp³-hybridized carbons (Fsp3) is 0.174. The predicted molar refractivity (Wildman–Crippen MR) is 107 cm³/mol. The van der Waals surface area contributed by atoms with E-state index < -0.39 is 6.23 Å². The zero-order chi connectivity index (χ0) is 19.5. The zero-order valence-electron chi connectivity index (χ0n) is 15.8. The van der Waals surface area contributed by atoms with Gasteiger partial charge in [-0.1, -0.05) is 48.5 Å². The Morgan fingerprint density at radius 1 is 0.929 bits per heavy atom. The fourth-order valence-corrected chi connectivity index (χ4v) is 3.42. The number of nitrogens with zero attached hydrogens (tertiary/aromatic N) is 1. The van der Waals surface area contributed by atoms with Crippen molar-refractivity contribution in [2.24, 2.45) is 0 Å². The third-order valence-corrected chi connectivity index (χ3v) is 4.82. The monoisotopic (exact) mass is 375 g/mol. The van der Waals surface area contributed by atoms with E-state index in [4.69, 9.17) is 14.2 Å². The van der Waals surface area contributed by atoms with E-state index in [0.29, 0.717) is 23.7 Å². The maximum absolute atomic E-state index is 13.6. The lowest BCUT2D eigenvalue weighted by atomic mass is 10.0. The molecule has 5 heteroatoms. The largest absolute Gasteiger partial charge is 0.493 e. The molecule has 3 aromatic rings. The summed E-state index contributed by atoms with van der Waals surface area (Å²) in [6.07, 6.45) is -0.503. The van der Waals surface area contributed by atoms with Crippen molar-refractivity contribution in [1.82, 2.24) is 0 Å². The van der Waals surface area contributed by atoms with E-state index in [1.165, 1.54) is 0 Å². The van der Waals surface area contributed by atoms with Gasteiger partial charge in [-0.15, -0.1) is 0 Å². The maximum atomic E-state index is 13.6. The van der Waals surface area contributed by atoms with Crippen LogP contribution in [0.3, 0.4) is 0 Å². The molecule has 5 nitrogen and oxygen atoms in total. The average molecular weight is 375 g/mol. The minimum absolute atomic E-state index is 0.165. The van der Waals surface area contributed by atoms with Crippen molar-refractivity contribution < 1.29 is 19.0 Å². The number of benzene rings is 3. The van der Waals surface area contributed by atoms with E-state index in [0.717, 1.165) is 16.8 Å². The highest BCUT2D eigenvalue weighted by Crippen LogP contribution is 2.38. The van der Waals surface area contributed by atoms with E-state index in [-0.39, 0.29) is 5.91 Å². The molecule has 1 aliphatic rings. The molecule has 1 aliphatic heterocycles. The first-order valence-corrected chi connectivity index (χ1v) is 9.03. The van der Waals surface area contributed by atoms with Gasteiger partial charge in [0.2, 0.25) is 0 Å². The van der Waals surface area contributed by atoms with E-state index in [1.807, 2.05) is 54.6 Å². The number of rotatable bonds is 4. The highest BCUT2D eigenvalue weighted by atomic mass is 16.5. The smallest absolute Gasteiger partial charge is 0.260 e. The summed E-state index contributed by atoms with van der Waals surface area (Å²) >= 11 is 0. The molecule has 0 fully saturated rings. The van der Waals surface area contributed by atoms with Gasteiger partial charge in [-0.3, -0.25) is 9.69 Å². The molecular weight excluding hydrogens is 354 g/mol. The highest BCUT2D eigenvalue weighted by molar-refractivity contribution is 6.07. The van der Waals surface area contributed by atoms with Gasteiger partial charge in [-0.25, -0.2) is 0 Å². The number of amides is 1. The van der Waals surface area contributed by atoms with Crippen LogP contribution in [0.25, 0.3) is 0 Å². The quantitative estimate of drug-likeness (QED) is 0.670. The number of para-hydroxylation sites is 1. The summed E-state index contributed by atoms with van der Waals surface area (Å²) < 4.78 is 16.8. The number of ether oxygens (including phenoxy) is 3. The maximum Gasteiger partial charge on any atom is 0.260 e. The topological polar surface area (TPSA) is 48.0 Å². The Hall–Kier alpha value is -3.31. The molecule has 0 aromatic heterocycles. The number of hydrogen-bond donors (Lipinski definition) is 0. The summed E-state index contributed by atoms with van der Waals surface area (Å²) in [7, 11) is 3.12. The zero-order valence-corrected chi connectivity index (χ0v) is 15.8. The van der Waals surface area contributed by atoms with E-state index in [1.54, 1.807) is 37.3 Å². The number of methoxy groups -OCH3 is 2. The molecule has 0 saturated heterocycles. The lowest BCUT2D eigenvalue weighted by molar-refractivity contribution is 0.0254. The Kier molecular flexibility index (Phi) is 5.00. The average Bonchev–Trinajstić information content (AvgIpc) is 2.77. The SMILES string of the molecule is COc1ccc(C(=O)N2c3ccccc3COC2c2ccccc2)cc1OC. The van der Waals surface area contributed by atoms with Gasteiger partial charge in [-0.2, -0.15) is 0 Å². The fourth-order valence-electron chi connectivity index (χ4n) is 3.42. The van der Waals surface area contributed by atoms with Crippen LogP contribution in [0.2, 0.25) is 0 Å². The molecule has 1 unspecified atom stereocenters. The summed E-state index contributed by atoms with van der Waals surface area (Å²) in [6, 6.07) is 22.7. The molecule has 1 heterocycles. The van der Waals surface area contributed by atoms with Gasteiger partial charge in [-0.05, 0) is 24.3 Å². The molecule has 28 heavy (non-hydrogen) atoms. The van der Waals surface area contributed by atoms with Gasteiger partial charge in [0.15, 0.2) is 17.7 Å². The van der Waals surface area contributed by atoms with Crippen LogP contribution < -0.4 is 14.4 Å². The molecule has 0 bridgehead atoms. The van der Waals surface area contributed by atoms with Gasteiger partial charge in [0.25, 0.3) is 5.91 Å². The third-order valence-electron chi connectivity index (χ3n) is 4.82. The van der Waals surface area contributed by atoms with E-state index in [9.17, 15) is 4.79 Å². The van der Waals surface area contributed by atoms with Crippen LogP contribution >= 0.6 is 0 Å². The van der Waals surface area contributed by atoms with Crippen LogP contribution in [-0.4, -0.2) is 20.1 Å². The van der Waals surface area contributed by atoms with Crippen LogP contribution in [-0.2, 0) is 11.3 Å². The first-order valence-electron chi connectivity index (χ1n) is 9.03. The second kappa shape index (κ2) is 7.74.